The van der Waals surface area contributed by atoms with Gasteiger partial charge in [0.05, 0.1) is 27.9 Å². The number of carbonyl (C=O) groups is 1. The lowest BCUT2D eigenvalue weighted by molar-refractivity contribution is -0.307. The molecule has 0 spiro atoms. The smallest absolute Gasteiger partial charge is 0.228 e. The monoisotopic (exact) mass is 487 g/mol. The molecule has 0 aliphatic carbocycles. The summed E-state index contributed by atoms with van der Waals surface area (Å²) in [6, 6.07) is 8.71. The lowest BCUT2D eigenvalue weighted by atomic mass is 10.0. The molecule has 2 aromatic heterocycles. The number of aryl methyl sites for hydroxylation is 3. The number of aliphatic carboxylic acids is 1. The number of carboxylic acid groups (broad SMARTS) is 1. The number of rotatable bonds is 8. The predicted octanol–water partition coefficient (Wildman–Crippen LogP) is 5.14. The van der Waals surface area contributed by atoms with Gasteiger partial charge in [0.15, 0.2) is 5.58 Å². The fraction of sp³-hybridized carbons (Fsp3) is 0.292. The molecular weight excluding hydrogens is 467 g/mol. The van der Waals surface area contributed by atoms with E-state index in [1.165, 1.54) is 0 Å². The van der Waals surface area contributed by atoms with E-state index in [9.17, 15) is 9.90 Å². The minimum atomic E-state index is -1.29. The van der Waals surface area contributed by atoms with E-state index in [1.54, 1.807) is 24.3 Å². The van der Waals surface area contributed by atoms with Crippen molar-refractivity contribution < 1.29 is 23.6 Å². The maximum absolute atomic E-state index is 10.7. The maximum atomic E-state index is 10.7. The van der Waals surface area contributed by atoms with Crippen molar-refractivity contribution >= 4 is 40.1 Å². The molecule has 0 saturated heterocycles. The summed E-state index contributed by atoms with van der Waals surface area (Å²) in [4.78, 5) is 15.4. The van der Waals surface area contributed by atoms with Gasteiger partial charge in [-0.1, -0.05) is 42.2 Å². The zero-order chi connectivity index (χ0) is 23.7. The second-order valence-corrected chi connectivity index (χ2v) is 8.86. The van der Waals surface area contributed by atoms with Crippen LogP contribution in [0.2, 0.25) is 10.0 Å². The van der Waals surface area contributed by atoms with Gasteiger partial charge >= 0.3 is 0 Å². The zero-order valence-corrected chi connectivity index (χ0v) is 19.8. The third-order valence-corrected chi connectivity index (χ3v) is 5.75. The van der Waals surface area contributed by atoms with Gasteiger partial charge < -0.3 is 23.6 Å². The number of oxazole rings is 1. The summed E-state index contributed by atoms with van der Waals surface area (Å²) in [6.45, 7) is 5.38. The van der Waals surface area contributed by atoms with E-state index in [4.69, 9.17) is 41.9 Å². The van der Waals surface area contributed by atoms with Crippen LogP contribution >= 0.6 is 23.2 Å². The Labute approximate surface area is 200 Å². The van der Waals surface area contributed by atoms with Crippen LogP contribution in [0.1, 0.15) is 42.5 Å². The largest absolute Gasteiger partial charge is 0.546 e. The van der Waals surface area contributed by atoms with Crippen LogP contribution in [-0.2, 0) is 17.6 Å². The van der Waals surface area contributed by atoms with E-state index in [1.807, 2.05) is 26.8 Å². The van der Waals surface area contributed by atoms with Crippen LogP contribution in [0.5, 0.6) is 5.75 Å². The first-order valence-corrected chi connectivity index (χ1v) is 11.1. The first kappa shape index (κ1) is 23.1. The number of carbonyl (C=O) groups excluding carboxylic acids is 1. The second-order valence-electron chi connectivity index (χ2n) is 8.01. The number of aromatic nitrogens is 2. The number of halogens is 2. The average Bonchev–Trinajstić information content (AvgIpc) is 3.34. The molecule has 9 heteroatoms. The summed E-state index contributed by atoms with van der Waals surface area (Å²) in [5, 5.41) is 16.7. The Balaban J connectivity index is 1.59. The Morgan fingerprint density at radius 2 is 1.91 bits per heavy atom. The van der Waals surface area contributed by atoms with E-state index in [0.29, 0.717) is 45.7 Å². The fourth-order valence-corrected chi connectivity index (χ4v) is 4.09. The molecule has 2 aromatic carbocycles. The molecule has 2 heterocycles. The molecule has 7 nitrogen and oxygen atoms in total. The van der Waals surface area contributed by atoms with Gasteiger partial charge in [-0.2, -0.15) is 0 Å². The zero-order valence-electron chi connectivity index (χ0n) is 18.3. The highest BCUT2D eigenvalue weighted by Gasteiger charge is 2.20. The normalized spacial score (nSPS) is 11.5. The summed E-state index contributed by atoms with van der Waals surface area (Å²) in [5.74, 6) is 0.494. The molecule has 0 aliphatic rings. The fourth-order valence-electron chi connectivity index (χ4n) is 3.61. The molecule has 0 bridgehead atoms. The number of hydrogen-bond acceptors (Lipinski definition) is 7. The number of hydrogen-bond donors (Lipinski definition) is 0. The van der Waals surface area contributed by atoms with Gasteiger partial charge in [0.1, 0.15) is 18.1 Å². The van der Waals surface area contributed by atoms with Gasteiger partial charge in [0.25, 0.3) is 0 Å². The van der Waals surface area contributed by atoms with E-state index in [0.717, 1.165) is 28.1 Å². The molecule has 0 radical (unpaired) electrons. The minimum absolute atomic E-state index is 0.132. The Morgan fingerprint density at radius 3 is 2.61 bits per heavy atom. The van der Waals surface area contributed by atoms with Crippen molar-refractivity contribution in [1.29, 1.82) is 0 Å². The van der Waals surface area contributed by atoms with Crippen molar-refractivity contribution in [2.75, 3.05) is 6.61 Å². The molecule has 33 heavy (non-hydrogen) atoms. The second kappa shape index (κ2) is 9.45. The van der Waals surface area contributed by atoms with Gasteiger partial charge in [0.2, 0.25) is 5.89 Å². The van der Waals surface area contributed by atoms with Crippen LogP contribution in [-0.4, -0.2) is 22.7 Å². The molecule has 0 atom stereocenters. The highest BCUT2D eigenvalue weighted by atomic mass is 35.5. The Hall–Kier alpha value is -3.03. The van der Waals surface area contributed by atoms with Crippen LogP contribution < -0.4 is 9.84 Å². The molecule has 0 amide bonds. The summed E-state index contributed by atoms with van der Waals surface area (Å²) in [5.41, 5.74) is 3.57. The third-order valence-electron chi connectivity index (χ3n) is 5.20. The van der Waals surface area contributed by atoms with E-state index >= 15 is 0 Å². The first-order chi connectivity index (χ1) is 15.7. The lowest BCUT2D eigenvalue weighted by Crippen LogP contribution is -2.29. The van der Waals surface area contributed by atoms with Crippen molar-refractivity contribution in [2.24, 2.45) is 0 Å². The van der Waals surface area contributed by atoms with Crippen molar-refractivity contribution in [3.63, 3.8) is 0 Å². The van der Waals surface area contributed by atoms with Crippen LogP contribution in [0.3, 0.4) is 0 Å². The molecule has 0 unspecified atom stereocenters. The number of carboxylic acids is 1. The molecule has 172 valence electrons. The number of benzene rings is 2. The lowest BCUT2D eigenvalue weighted by Gasteiger charge is -2.09. The van der Waals surface area contributed by atoms with Crippen molar-refractivity contribution in [2.45, 2.75) is 39.5 Å². The predicted molar refractivity (Wildman–Crippen MR) is 123 cm³/mol. The van der Waals surface area contributed by atoms with E-state index in [2.05, 4.69) is 5.16 Å². The SMILES string of the molecule is Cc1cc2c(CCc3nc(-c4ccc(Cl)cc4Cl)oc3C(C)C)noc2cc1OCC(=O)[O-]. The van der Waals surface area contributed by atoms with Crippen LogP contribution in [0, 0.1) is 6.92 Å². The number of ether oxygens (including phenoxy) is 1. The molecule has 0 saturated carbocycles. The average molecular weight is 488 g/mol. The van der Waals surface area contributed by atoms with Gasteiger partial charge in [-0.05, 0) is 49.6 Å². The topological polar surface area (TPSA) is 101 Å². The molecule has 4 rings (SSSR count). The summed E-state index contributed by atoms with van der Waals surface area (Å²) >= 11 is 12.4. The molecular formula is C24H21Cl2N2O5-. The third kappa shape index (κ3) is 4.99. The number of nitrogens with zero attached hydrogens (tertiary/aromatic N) is 2. The highest BCUT2D eigenvalue weighted by molar-refractivity contribution is 6.36. The van der Waals surface area contributed by atoms with Crippen LogP contribution in [0.25, 0.3) is 22.4 Å². The van der Waals surface area contributed by atoms with E-state index in [-0.39, 0.29) is 5.92 Å². The standard InChI is InChI=1S/C24H22Cl2N2O5/c1-12(2)23-19(27-24(32-23)15-5-4-14(25)9-17(15)26)7-6-18-16-8-13(3)20(31-11-22(29)30)10-21(16)33-28-18/h4-5,8-10,12H,6-7,11H2,1-3H3,(H,29,30)/p-1. The summed E-state index contributed by atoms with van der Waals surface area (Å²) in [7, 11) is 0. The van der Waals surface area contributed by atoms with Gasteiger partial charge in [-0.3, -0.25) is 0 Å². The Bertz CT molecular complexity index is 1330. The van der Waals surface area contributed by atoms with Gasteiger partial charge in [-0.25, -0.2) is 4.98 Å². The number of fused-ring (bicyclic) bond motifs is 1. The van der Waals surface area contributed by atoms with E-state index < -0.39 is 12.6 Å². The molecule has 4 aromatic rings. The summed E-state index contributed by atoms with van der Waals surface area (Å²) in [6.07, 6.45) is 1.16. The van der Waals surface area contributed by atoms with Crippen LogP contribution in [0.4, 0.5) is 0 Å². The van der Waals surface area contributed by atoms with Crippen LogP contribution in [0.15, 0.2) is 39.3 Å². The molecule has 0 aliphatic heterocycles. The van der Waals surface area contributed by atoms with Crippen molar-refractivity contribution in [3.05, 3.63) is 63.1 Å². The molecule has 0 N–H and O–H groups in total. The highest BCUT2D eigenvalue weighted by Crippen LogP contribution is 2.34. The quantitative estimate of drug-likeness (QED) is 0.339. The Morgan fingerprint density at radius 1 is 1.15 bits per heavy atom. The molecule has 0 fully saturated rings. The van der Waals surface area contributed by atoms with Crippen molar-refractivity contribution in [1.82, 2.24) is 10.1 Å². The summed E-state index contributed by atoms with van der Waals surface area (Å²) < 4.78 is 16.8. The first-order valence-electron chi connectivity index (χ1n) is 10.4. The van der Waals surface area contributed by atoms with Gasteiger partial charge in [0, 0.05) is 22.4 Å². The maximum Gasteiger partial charge on any atom is 0.228 e. The Kier molecular flexibility index (Phi) is 6.63. The van der Waals surface area contributed by atoms with Gasteiger partial charge in [-0.15, -0.1) is 0 Å². The minimum Gasteiger partial charge on any atom is -0.546 e. The van der Waals surface area contributed by atoms with Crippen molar-refractivity contribution in [3.8, 4) is 17.2 Å².